The molecule has 1 heterocycles. The van der Waals surface area contributed by atoms with Gasteiger partial charge in [0.05, 0.1) is 0 Å². The average molecular weight is 323 g/mol. The van der Waals surface area contributed by atoms with Crippen molar-refractivity contribution in [2.45, 2.75) is 58.3 Å². The van der Waals surface area contributed by atoms with E-state index in [4.69, 9.17) is 4.99 Å². The van der Waals surface area contributed by atoms with Gasteiger partial charge in [-0.3, -0.25) is 4.99 Å². The Morgan fingerprint density at radius 3 is 2.65 bits per heavy atom. The Bertz CT molecular complexity index is 321. The first-order chi connectivity index (χ1) is 11.3. The molecule has 0 radical (unpaired) electrons. The van der Waals surface area contributed by atoms with Gasteiger partial charge in [-0.25, -0.2) is 0 Å². The van der Waals surface area contributed by atoms with Crippen LogP contribution >= 0.6 is 0 Å². The molecular formula is C19H38N4. The molecule has 4 heteroatoms. The largest absolute Gasteiger partial charge is 0.357 e. The fourth-order valence-corrected chi connectivity index (χ4v) is 3.04. The number of hydrogen-bond acceptors (Lipinski definition) is 2. The monoisotopic (exact) mass is 322 g/mol. The second-order valence-electron chi connectivity index (χ2n) is 6.55. The third-order valence-electron chi connectivity index (χ3n) is 4.44. The Kier molecular flexibility index (Phi) is 11.7. The van der Waals surface area contributed by atoms with Crippen molar-refractivity contribution in [3.63, 3.8) is 0 Å². The van der Waals surface area contributed by atoms with Crippen molar-refractivity contribution in [1.82, 2.24) is 15.1 Å². The summed E-state index contributed by atoms with van der Waals surface area (Å²) in [7, 11) is 2.13. The Morgan fingerprint density at radius 2 is 1.96 bits per heavy atom. The summed E-state index contributed by atoms with van der Waals surface area (Å²) < 4.78 is 0. The molecule has 0 saturated carbocycles. The molecule has 1 rings (SSSR count). The lowest BCUT2D eigenvalue weighted by atomic mass is 10.1. The van der Waals surface area contributed by atoms with Crippen molar-refractivity contribution in [3.8, 4) is 0 Å². The number of nitrogens with zero attached hydrogens (tertiary/aromatic N) is 3. The number of aliphatic imine (C=N–C) groups is 1. The van der Waals surface area contributed by atoms with E-state index in [1.807, 2.05) is 6.08 Å². The fraction of sp³-hybridized carbons (Fsp3) is 0.842. The van der Waals surface area contributed by atoms with E-state index >= 15 is 0 Å². The van der Waals surface area contributed by atoms with Crippen LogP contribution in [0.3, 0.4) is 0 Å². The highest BCUT2D eigenvalue weighted by molar-refractivity contribution is 5.79. The molecule has 1 aliphatic heterocycles. The predicted molar refractivity (Wildman–Crippen MR) is 102 cm³/mol. The van der Waals surface area contributed by atoms with E-state index < -0.39 is 0 Å². The van der Waals surface area contributed by atoms with Gasteiger partial charge in [-0.15, -0.1) is 6.58 Å². The predicted octanol–water partition coefficient (Wildman–Crippen LogP) is 3.51. The molecule has 4 nitrogen and oxygen atoms in total. The summed E-state index contributed by atoms with van der Waals surface area (Å²) >= 11 is 0. The van der Waals surface area contributed by atoms with Crippen molar-refractivity contribution in [1.29, 1.82) is 0 Å². The van der Waals surface area contributed by atoms with Gasteiger partial charge in [0.15, 0.2) is 5.96 Å². The van der Waals surface area contributed by atoms with Crippen molar-refractivity contribution in [3.05, 3.63) is 12.7 Å². The van der Waals surface area contributed by atoms with Gasteiger partial charge in [-0.05, 0) is 65.1 Å². The number of unbranched alkanes of at least 4 members (excludes halogenated alkanes) is 3. The van der Waals surface area contributed by atoms with Crippen molar-refractivity contribution in [2.75, 3.05) is 46.3 Å². The summed E-state index contributed by atoms with van der Waals surface area (Å²) in [6, 6.07) is 0. The Labute approximate surface area is 144 Å². The van der Waals surface area contributed by atoms with Crippen LogP contribution in [0.5, 0.6) is 0 Å². The zero-order valence-electron chi connectivity index (χ0n) is 15.5. The van der Waals surface area contributed by atoms with Crippen LogP contribution in [0.2, 0.25) is 0 Å². The standard InChI is InChI=1S/C19H38N4/c1-4-6-10-15-22(3)19(20-5-2)21-14-9-7-11-16-23-17-12-8-13-18-23/h4H,1,5-18H2,2-3H3,(H,20,21). The Hall–Kier alpha value is -1.03. The number of allylic oxidation sites excluding steroid dienone is 1. The third-order valence-corrected chi connectivity index (χ3v) is 4.44. The van der Waals surface area contributed by atoms with Gasteiger partial charge in [0.1, 0.15) is 0 Å². The smallest absolute Gasteiger partial charge is 0.193 e. The summed E-state index contributed by atoms with van der Waals surface area (Å²) in [5, 5.41) is 3.39. The highest BCUT2D eigenvalue weighted by Gasteiger charge is 2.08. The highest BCUT2D eigenvalue weighted by atomic mass is 15.3. The van der Waals surface area contributed by atoms with E-state index in [0.717, 1.165) is 38.4 Å². The van der Waals surface area contributed by atoms with Crippen LogP contribution in [0.4, 0.5) is 0 Å². The maximum Gasteiger partial charge on any atom is 0.193 e. The van der Waals surface area contributed by atoms with E-state index in [2.05, 4.69) is 35.7 Å². The first-order valence-corrected chi connectivity index (χ1v) is 9.60. The number of likely N-dealkylation sites (tertiary alicyclic amines) is 1. The molecule has 1 fully saturated rings. The SMILES string of the molecule is C=CCCCN(C)C(=NCCCCCN1CCCCC1)NCC. The Morgan fingerprint density at radius 1 is 1.17 bits per heavy atom. The molecule has 1 saturated heterocycles. The van der Waals surface area contributed by atoms with Crippen LogP contribution in [-0.2, 0) is 0 Å². The molecule has 0 bridgehead atoms. The summed E-state index contributed by atoms with van der Waals surface area (Å²) in [5.74, 6) is 1.05. The minimum Gasteiger partial charge on any atom is -0.357 e. The van der Waals surface area contributed by atoms with Gasteiger partial charge in [-0.2, -0.15) is 0 Å². The fourth-order valence-electron chi connectivity index (χ4n) is 3.04. The lowest BCUT2D eigenvalue weighted by Crippen LogP contribution is -2.39. The number of guanidine groups is 1. The van der Waals surface area contributed by atoms with E-state index in [-0.39, 0.29) is 0 Å². The summed E-state index contributed by atoms with van der Waals surface area (Å²) in [5.41, 5.74) is 0. The molecule has 0 unspecified atom stereocenters. The highest BCUT2D eigenvalue weighted by Crippen LogP contribution is 2.09. The van der Waals surface area contributed by atoms with Crippen LogP contribution in [0.1, 0.15) is 58.3 Å². The van der Waals surface area contributed by atoms with Crippen LogP contribution in [0.15, 0.2) is 17.6 Å². The van der Waals surface area contributed by atoms with E-state index in [9.17, 15) is 0 Å². The number of hydrogen-bond donors (Lipinski definition) is 1. The van der Waals surface area contributed by atoms with Gasteiger partial charge in [0.2, 0.25) is 0 Å². The minimum atomic E-state index is 0.930. The maximum absolute atomic E-state index is 4.77. The van der Waals surface area contributed by atoms with Gasteiger partial charge >= 0.3 is 0 Å². The third kappa shape index (κ3) is 9.65. The average Bonchev–Trinajstić information content (AvgIpc) is 2.58. The molecule has 1 N–H and O–H groups in total. The molecule has 23 heavy (non-hydrogen) atoms. The second kappa shape index (κ2) is 13.4. The van der Waals surface area contributed by atoms with Gasteiger partial charge in [0.25, 0.3) is 0 Å². The quantitative estimate of drug-likeness (QED) is 0.273. The van der Waals surface area contributed by atoms with Crippen LogP contribution in [0.25, 0.3) is 0 Å². The minimum absolute atomic E-state index is 0.930. The first kappa shape index (κ1) is 20.0. The van der Waals surface area contributed by atoms with Crippen molar-refractivity contribution in [2.24, 2.45) is 4.99 Å². The van der Waals surface area contributed by atoms with Crippen molar-refractivity contribution >= 4 is 5.96 Å². The molecule has 0 amide bonds. The Balaban J connectivity index is 2.15. The van der Waals surface area contributed by atoms with Crippen molar-refractivity contribution < 1.29 is 0 Å². The molecule has 0 aromatic carbocycles. The molecule has 0 spiro atoms. The molecule has 0 aliphatic carbocycles. The summed E-state index contributed by atoms with van der Waals surface area (Å²) in [4.78, 5) is 9.63. The first-order valence-electron chi connectivity index (χ1n) is 9.60. The van der Waals surface area contributed by atoms with Gasteiger partial charge in [-0.1, -0.05) is 18.9 Å². The lowest BCUT2D eigenvalue weighted by molar-refractivity contribution is 0.224. The second-order valence-corrected chi connectivity index (χ2v) is 6.55. The van der Waals surface area contributed by atoms with Crippen LogP contribution in [-0.4, -0.2) is 62.1 Å². The molecule has 0 aromatic rings. The zero-order valence-corrected chi connectivity index (χ0v) is 15.5. The molecule has 0 atom stereocenters. The van der Waals surface area contributed by atoms with Crippen LogP contribution in [0, 0.1) is 0 Å². The van der Waals surface area contributed by atoms with Gasteiger partial charge in [0, 0.05) is 26.7 Å². The van der Waals surface area contributed by atoms with Crippen LogP contribution < -0.4 is 5.32 Å². The summed E-state index contributed by atoms with van der Waals surface area (Å²) in [6.45, 7) is 12.7. The number of piperidine rings is 1. The molecule has 0 aromatic heterocycles. The molecule has 1 aliphatic rings. The van der Waals surface area contributed by atoms with E-state index in [1.165, 1.54) is 58.2 Å². The molecule has 134 valence electrons. The topological polar surface area (TPSA) is 30.9 Å². The maximum atomic E-state index is 4.77. The lowest BCUT2D eigenvalue weighted by Gasteiger charge is -2.26. The normalized spacial score (nSPS) is 16.3. The molecular weight excluding hydrogens is 284 g/mol. The number of nitrogens with one attached hydrogen (secondary N) is 1. The zero-order chi connectivity index (χ0) is 16.8. The van der Waals surface area contributed by atoms with Gasteiger partial charge < -0.3 is 15.1 Å². The summed E-state index contributed by atoms with van der Waals surface area (Å²) in [6.07, 6.45) is 12.2. The number of rotatable bonds is 11. The van der Waals surface area contributed by atoms with E-state index in [0.29, 0.717) is 0 Å². The van der Waals surface area contributed by atoms with E-state index in [1.54, 1.807) is 0 Å².